The second kappa shape index (κ2) is 2.56. The van der Waals surface area contributed by atoms with E-state index in [2.05, 4.69) is 19.9 Å². The van der Waals surface area contributed by atoms with Crippen molar-refractivity contribution in [2.24, 2.45) is 0 Å². The molecule has 0 aliphatic heterocycles. The maximum absolute atomic E-state index is 10.9. The Morgan fingerprint density at radius 1 is 1.33 bits per heavy atom. The van der Waals surface area contributed by atoms with Gasteiger partial charge in [0, 0.05) is 16.1 Å². The fourth-order valence-electron chi connectivity index (χ4n) is 0.116. The summed E-state index contributed by atoms with van der Waals surface area (Å²) in [5.41, 5.74) is 0. The molecule has 0 spiro atoms. The average molecular weight is 216 g/mol. The summed E-state index contributed by atoms with van der Waals surface area (Å²) in [6.45, 7) is 4.86. The van der Waals surface area contributed by atoms with Gasteiger partial charge in [0.15, 0.2) is 0 Å². The van der Waals surface area contributed by atoms with E-state index in [1.807, 2.05) is 0 Å². The first-order valence-electron chi connectivity index (χ1n) is 2.43. The highest BCUT2D eigenvalue weighted by atomic mass is 79.9. The van der Waals surface area contributed by atoms with Gasteiger partial charge in [-0.3, -0.25) is 0 Å². The lowest BCUT2D eigenvalue weighted by Gasteiger charge is -2.16. The van der Waals surface area contributed by atoms with Crippen molar-refractivity contribution in [3.05, 3.63) is 0 Å². The summed E-state index contributed by atoms with van der Waals surface area (Å²) < 4.78 is 23.1. The minimum absolute atomic E-state index is 0.740. The van der Waals surface area contributed by atoms with Crippen LogP contribution >= 0.6 is 16.1 Å². The number of nitrogens with one attached hydrogen (secondary N) is 1. The molecule has 9 heavy (non-hydrogen) atoms. The molecule has 0 aromatic carbocycles. The summed E-state index contributed by atoms with van der Waals surface area (Å²) in [5.74, 6) is 0. The molecule has 0 aliphatic carbocycles. The fraction of sp³-hybridized carbons (Fsp3) is 1.00. The Hall–Kier alpha value is 0.390. The van der Waals surface area contributed by atoms with Crippen LogP contribution in [0, 0.1) is 0 Å². The van der Waals surface area contributed by atoms with E-state index in [1.165, 1.54) is 0 Å². The molecule has 0 radical (unpaired) electrons. The summed E-state index contributed by atoms with van der Waals surface area (Å²) in [4.78, 5) is 0. The van der Waals surface area contributed by atoms with Crippen molar-refractivity contribution in [3.63, 3.8) is 0 Å². The van der Waals surface area contributed by atoms with Crippen molar-refractivity contribution in [2.75, 3.05) is 0 Å². The van der Waals surface area contributed by atoms with E-state index < -0.39 is 14.8 Å². The third-order valence-corrected chi connectivity index (χ3v) is 4.00. The van der Waals surface area contributed by atoms with Gasteiger partial charge in [0.05, 0.1) is 4.75 Å². The standard InChI is InChI=1S/C4H10BrNO2S/c1-4(2,3)9(7,8)6-5/h6H,1-3H3. The van der Waals surface area contributed by atoms with Gasteiger partial charge in [-0.1, -0.05) is 0 Å². The summed E-state index contributed by atoms with van der Waals surface area (Å²) in [7, 11) is -3.17. The van der Waals surface area contributed by atoms with Gasteiger partial charge < -0.3 is 0 Å². The van der Waals surface area contributed by atoms with Gasteiger partial charge in [-0.15, -0.1) is 3.75 Å². The molecule has 0 unspecified atom stereocenters. The molecule has 0 saturated heterocycles. The topological polar surface area (TPSA) is 46.2 Å². The minimum Gasteiger partial charge on any atom is -0.211 e. The number of rotatable bonds is 1. The van der Waals surface area contributed by atoms with Crippen LogP contribution < -0.4 is 3.75 Å². The maximum Gasteiger partial charge on any atom is 0.225 e. The van der Waals surface area contributed by atoms with Crippen LogP contribution in [0.5, 0.6) is 0 Å². The fourth-order valence-corrected chi connectivity index (χ4v) is 1.80. The predicted octanol–water partition coefficient (Wildman–Crippen LogP) is 1.01. The average Bonchev–Trinajstić information content (AvgIpc) is 1.64. The Balaban J connectivity index is 4.57. The van der Waals surface area contributed by atoms with Gasteiger partial charge in [0.25, 0.3) is 0 Å². The third-order valence-electron chi connectivity index (χ3n) is 0.908. The van der Waals surface area contributed by atoms with Gasteiger partial charge in [-0.25, -0.2) is 8.42 Å². The molecular formula is C4H10BrNO2S. The largest absolute Gasteiger partial charge is 0.225 e. The first-order valence-corrected chi connectivity index (χ1v) is 4.71. The molecule has 1 N–H and O–H groups in total. The number of sulfonamides is 1. The summed E-state index contributed by atoms with van der Waals surface area (Å²) >= 11 is 2.67. The zero-order valence-corrected chi connectivity index (χ0v) is 8.01. The summed E-state index contributed by atoms with van der Waals surface area (Å²) in [6, 6.07) is 0. The Bertz CT molecular complexity index is 179. The first kappa shape index (κ1) is 9.39. The van der Waals surface area contributed by atoms with Gasteiger partial charge in [0.2, 0.25) is 10.0 Å². The van der Waals surface area contributed by atoms with Gasteiger partial charge in [-0.05, 0) is 20.8 Å². The number of hydrogen-bond donors (Lipinski definition) is 1. The smallest absolute Gasteiger partial charge is 0.211 e. The van der Waals surface area contributed by atoms with E-state index in [0.717, 1.165) is 0 Å². The number of hydrogen-bond acceptors (Lipinski definition) is 2. The zero-order chi connectivity index (χ0) is 7.71. The molecule has 5 heteroatoms. The van der Waals surface area contributed by atoms with E-state index in [1.54, 1.807) is 20.8 Å². The van der Waals surface area contributed by atoms with Crippen molar-refractivity contribution in [3.8, 4) is 0 Å². The molecule has 0 saturated carbocycles. The Morgan fingerprint density at radius 2 is 1.67 bits per heavy atom. The van der Waals surface area contributed by atoms with Gasteiger partial charge >= 0.3 is 0 Å². The van der Waals surface area contributed by atoms with Crippen LogP contribution in [0.2, 0.25) is 0 Å². The molecule has 56 valence electrons. The molecule has 0 rings (SSSR count). The molecule has 0 bridgehead atoms. The Morgan fingerprint density at radius 3 is 1.67 bits per heavy atom. The van der Waals surface area contributed by atoms with Gasteiger partial charge in [-0.2, -0.15) is 0 Å². The summed E-state index contributed by atoms with van der Waals surface area (Å²) in [5, 5.41) is 0. The monoisotopic (exact) mass is 215 g/mol. The highest BCUT2D eigenvalue weighted by Gasteiger charge is 2.27. The molecule has 0 aliphatic rings. The maximum atomic E-state index is 10.9. The Kier molecular flexibility index (Phi) is 2.67. The number of halogens is 1. The lowest BCUT2D eigenvalue weighted by molar-refractivity contribution is 0.559. The van der Waals surface area contributed by atoms with Crippen LogP contribution in [0.1, 0.15) is 20.8 Å². The molecule has 0 fully saturated rings. The van der Waals surface area contributed by atoms with Crippen LogP contribution in [-0.2, 0) is 10.0 Å². The van der Waals surface area contributed by atoms with Crippen molar-refractivity contribution >= 4 is 26.2 Å². The predicted molar refractivity (Wildman–Crippen MR) is 40.7 cm³/mol. The van der Waals surface area contributed by atoms with Crippen LogP contribution in [0.25, 0.3) is 0 Å². The van der Waals surface area contributed by atoms with Crippen LogP contribution in [0.15, 0.2) is 0 Å². The lowest BCUT2D eigenvalue weighted by Crippen LogP contribution is -2.34. The highest BCUT2D eigenvalue weighted by Crippen LogP contribution is 2.13. The van der Waals surface area contributed by atoms with Crippen molar-refractivity contribution in [1.29, 1.82) is 0 Å². The molecule has 3 nitrogen and oxygen atoms in total. The first-order chi connectivity index (χ1) is 3.81. The van der Waals surface area contributed by atoms with Crippen LogP contribution in [0.4, 0.5) is 0 Å². The van der Waals surface area contributed by atoms with Crippen molar-refractivity contribution in [2.45, 2.75) is 25.5 Å². The van der Waals surface area contributed by atoms with E-state index in [0.29, 0.717) is 0 Å². The van der Waals surface area contributed by atoms with Crippen molar-refractivity contribution in [1.82, 2.24) is 3.75 Å². The zero-order valence-electron chi connectivity index (χ0n) is 5.60. The van der Waals surface area contributed by atoms with E-state index in [4.69, 9.17) is 0 Å². The Labute approximate surface area is 64.2 Å². The second-order valence-electron chi connectivity index (χ2n) is 2.69. The normalized spacial score (nSPS) is 13.8. The van der Waals surface area contributed by atoms with E-state index >= 15 is 0 Å². The molecule has 0 aromatic rings. The molecule has 0 heterocycles. The van der Waals surface area contributed by atoms with Crippen molar-refractivity contribution < 1.29 is 8.42 Å². The molecule has 0 amide bonds. The van der Waals surface area contributed by atoms with E-state index in [-0.39, 0.29) is 0 Å². The lowest BCUT2D eigenvalue weighted by atomic mass is 10.3. The minimum atomic E-state index is -3.17. The highest BCUT2D eigenvalue weighted by molar-refractivity contribution is 9.09. The molecule has 0 atom stereocenters. The third kappa shape index (κ3) is 2.23. The van der Waals surface area contributed by atoms with Crippen LogP contribution in [0.3, 0.4) is 0 Å². The van der Waals surface area contributed by atoms with E-state index in [9.17, 15) is 8.42 Å². The molecule has 0 aromatic heterocycles. The van der Waals surface area contributed by atoms with Gasteiger partial charge in [0.1, 0.15) is 0 Å². The van der Waals surface area contributed by atoms with Crippen LogP contribution in [-0.4, -0.2) is 13.2 Å². The quantitative estimate of drug-likeness (QED) is 0.665. The second-order valence-corrected chi connectivity index (χ2v) is 6.05. The molecular weight excluding hydrogens is 206 g/mol. The SMILES string of the molecule is CC(C)(C)S(=O)(=O)NBr. The summed E-state index contributed by atoms with van der Waals surface area (Å²) in [6.07, 6.45) is 0.